The fourth-order valence-corrected chi connectivity index (χ4v) is 8.39. The molecule has 0 saturated carbocycles. The van der Waals surface area contributed by atoms with Gasteiger partial charge in [0.1, 0.15) is 8.07 Å². The molecular formula is C17H30Si. The minimum Gasteiger partial charge on any atom is -0.130 e. The van der Waals surface area contributed by atoms with E-state index in [1.807, 2.05) is 0 Å². The van der Waals surface area contributed by atoms with E-state index < -0.39 is 8.07 Å². The molecule has 0 aliphatic heterocycles. The molecule has 0 unspecified atom stereocenters. The van der Waals surface area contributed by atoms with Crippen LogP contribution in [0.2, 0.25) is 16.6 Å². The topological polar surface area (TPSA) is 0 Å². The van der Waals surface area contributed by atoms with E-state index in [-0.39, 0.29) is 0 Å². The van der Waals surface area contributed by atoms with Gasteiger partial charge in [-0.1, -0.05) is 41.5 Å². The first kappa shape index (κ1) is 17.3. The maximum atomic E-state index is 5.25. The molecule has 0 radical (unpaired) electrons. The summed E-state index contributed by atoms with van der Waals surface area (Å²) in [5.74, 6) is 6.16. The van der Waals surface area contributed by atoms with Crippen molar-refractivity contribution in [2.24, 2.45) is 0 Å². The van der Waals surface area contributed by atoms with Crippen molar-refractivity contribution in [1.29, 1.82) is 0 Å². The van der Waals surface area contributed by atoms with Crippen molar-refractivity contribution in [2.75, 3.05) is 0 Å². The van der Waals surface area contributed by atoms with E-state index in [0.29, 0.717) is 0 Å². The smallest absolute Gasteiger partial charge is 0.130 e. The summed E-state index contributed by atoms with van der Waals surface area (Å²) >= 11 is 0. The zero-order valence-corrected chi connectivity index (χ0v) is 14.1. The molecule has 18 heavy (non-hydrogen) atoms. The third-order valence-electron chi connectivity index (χ3n) is 4.04. The van der Waals surface area contributed by atoms with Gasteiger partial charge in [0.25, 0.3) is 0 Å². The largest absolute Gasteiger partial charge is 0.145 e. The first-order chi connectivity index (χ1) is 8.39. The lowest BCUT2D eigenvalue weighted by molar-refractivity contribution is 0.782. The van der Waals surface area contributed by atoms with Gasteiger partial charge in [0.15, 0.2) is 0 Å². The second-order valence-electron chi connectivity index (χ2n) is 6.11. The van der Waals surface area contributed by atoms with Crippen molar-refractivity contribution < 1.29 is 0 Å². The van der Waals surface area contributed by atoms with E-state index in [2.05, 4.69) is 58.9 Å². The molecule has 0 saturated heterocycles. The van der Waals surface area contributed by atoms with Crippen LogP contribution in [0.3, 0.4) is 0 Å². The standard InChI is InChI=1S/C17H30Si/c1-8-9-10-11-12-13-14-18(15(2)3,16(4)5)17(6)7/h1,15-17H,9-12H2,2-7H3. The summed E-state index contributed by atoms with van der Waals surface area (Å²) in [5, 5.41) is 0. The summed E-state index contributed by atoms with van der Waals surface area (Å²) < 4.78 is 0. The SMILES string of the molecule is C#CCCCCC#C[Si](C(C)C)(C(C)C)C(C)C. The second-order valence-corrected chi connectivity index (χ2v) is 11.7. The molecule has 0 rings (SSSR count). The Morgan fingerprint density at radius 2 is 1.28 bits per heavy atom. The quantitative estimate of drug-likeness (QED) is 0.341. The van der Waals surface area contributed by atoms with Gasteiger partial charge in [-0.2, -0.15) is 0 Å². The number of terminal acetylenes is 1. The predicted molar refractivity (Wildman–Crippen MR) is 86.1 cm³/mol. The van der Waals surface area contributed by atoms with Crippen molar-refractivity contribution in [3.8, 4) is 23.8 Å². The van der Waals surface area contributed by atoms with Crippen molar-refractivity contribution in [1.82, 2.24) is 0 Å². The zero-order chi connectivity index (χ0) is 14.2. The highest BCUT2D eigenvalue weighted by molar-refractivity contribution is 6.90. The Kier molecular flexibility index (Phi) is 8.13. The molecule has 1 heteroatoms. The van der Waals surface area contributed by atoms with Gasteiger partial charge in [-0.25, -0.2) is 0 Å². The van der Waals surface area contributed by atoms with Gasteiger partial charge in [-0.3, -0.25) is 0 Å². The third kappa shape index (κ3) is 4.54. The van der Waals surface area contributed by atoms with E-state index in [9.17, 15) is 0 Å². The molecule has 0 aromatic heterocycles. The first-order valence-electron chi connectivity index (χ1n) is 7.33. The molecular weight excluding hydrogens is 232 g/mol. The van der Waals surface area contributed by atoms with Crippen LogP contribution in [0.1, 0.15) is 67.2 Å². The van der Waals surface area contributed by atoms with Gasteiger partial charge in [-0.15, -0.1) is 23.8 Å². The Hall–Kier alpha value is -0.663. The van der Waals surface area contributed by atoms with Crippen LogP contribution < -0.4 is 0 Å². The highest BCUT2D eigenvalue weighted by Crippen LogP contribution is 2.40. The van der Waals surface area contributed by atoms with Crippen LogP contribution >= 0.6 is 0 Å². The molecule has 0 aliphatic carbocycles. The van der Waals surface area contributed by atoms with Crippen LogP contribution in [-0.2, 0) is 0 Å². The van der Waals surface area contributed by atoms with Gasteiger partial charge in [0.2, 0.25) is 0 Å². The summed E-state index contributed by atoms with van der Waals surface area (Å²) in [7, 11) is -1.50. The monoisotopic (exact) mass is 262 g/mol. The van der Waals surface area contributed by atoms with Gasteiger partial charge in [-0.05, 0) is 29.5 Å². The van der Waals surface area contributed by atoms with Crippen LogP contribution in [0.25, 0.3) is 0 Å². The molecule has 0 fully saturated rings. The van der Waals surface area contributed by atoms with Gasteiger partial charge < -0.3 is 0 Å². The summed E-state index contributed by atoms with van der Waals surface area (Å²) in [6.45, 7) is 14.2. The van der Waals surface area contributed by atoms with E-state index >= 15 is 0 Å². The Labute approximate surface area is 116 Å². The number of hydrogen-bond acceptors (Lipinski definition) is 0. The Bertz CT molecular complexity index is 298. The maximum absolute atomic E-state index is 5.25. The molecule has 0 aromatic carbocycles. The number of unbranched alkanes of at least 4 members (excludes halogenated alkanes) is 3. The fraction of sp³-hybridized carbons (Fsp3) is 0.765. The third-order valence-corrected chi connectivity index (χ3v) is 10.4. The Morgan fingerprint density at radius 1 is 0.833 bits per heavy atom. The number of rotatable bonds is 6. The van der Waals surface area contributed by atoms with E-state index in [4.69, 9.17) is 6.42 Å². The lowest BCUT2D eigenvalue weighted by Crippen LogP contribution is -2.43. The molecule has 102 valence electrons. The highest BCUT2D eigenvalue weighted by atomic mass is 28.3. The molecule has 0 aromatic rings. The molecule has 0 atom stereocenters. The minimum atomic E-state index is -1.50. The van der Waals surface area contributed by atoms with Crippen LogP contribution in [0.15, 0.2) is 0 Å². The zero-order valence-electron chi connectivity index (χ0n) is 13.1. The first-order valence-corrected chi connectivity index (χ1v) is 9.56. The van der Waals surface area contributed by atoms with Gasteiger partial charge in [0, 0.05) is 12.8 Å². The minimum absolute atomic E-state index is 0.732. The molecule has 0 bridgehead atoms. The van der Waals surface area contributed by atoms with Crippen LogP contribution in [-0.4, -0.2) is 8.07 Å². The van der Waals surface area contributed by atoms with Crippen LogP contribution in [0.5, 0.6) is 0 Å². The average Bonchev–Trinajstić information content (AvgIpc) is 2.26. The highest BCUT2D eigenvalue weighted by Gasteiger charge is 2.41. The summed E-state index contributed by atoms with van der Waals surface area (Å²) in [6, 6.07) is 0. The molecule has 0 spiro atoms. The molecule has 0 aliphatic rings. The average molecular weight is 263 g/mol. The second kappa shape index (κ2) is 8.44. The Morgan fingerprint density at radius 3 is 1.67 bits per heavy atom. The molecule has 0 heterocycles. The summed E-state index contributed by atoms with van der Waals surface area (Å²) in [4.78, 5) is 0. The lowest BCUT2D eigenvalue weighted by Gasteiger charge is -2.38. The Balaban J connectivity index is 4.71. The van der Waals surface area contributed by atoms with E-state index in [0.717, 1.165) is 42.3 Å². The predicted octanol–water partition coefficient (Wildman–Crippen LogP) is 5.40. The number of hydrogen-bond donors (Lipinski definition) is 0. The van der Waals surface area contributed by atoms with Crippen molar-refractivity contribution >= 4 is 8.07 Å². The maximum Gasteiger partial charge on any atom is 0.145 e. The van der Waals surface area contributed by atoms with Gasteiger partial charge in [0.05, 0.1) is 0 Å². The summed E-state index contributed by atoms with van der Waals surface area (Å²) in [6.07, 6.45) is 9.43. The molecule has 0 N–H and O–H groups in total. The fourth-order valence-electron chi connectivity index (χ4n) is 3.09. The van der Waals surface area contributed by atoms with E-state index in [1.54, 1.807) is 0 Å². The normalized spacial score (nSPS) is 11.6. The molecule has 0 amide bonds. The van der Waals surface area contributed by atoms with Crippen LogP contribution in [0, 0.1) is 23.8 Å². The van der Waals surface area contributed by atoms with Crippen molar-refractivity contribution in [3.63, 3.8) is 0 Å². The molecule has 0 nitrogen and oxygen atoms in total. The summed E-state index contributed by atoms with van der Waals surface area (Å²) in [5.41, 5.74) is 5.94. The van der Waals surface area contributed by atoms with Gasteiger partial charge >= 0.3 is 0 Å². The van der Waals surface area contributed by atoms with E-state index in [1.165, 1.54) is 0 Å². The van der Waals surface area contributed by atoms with Crippen LogP contribution in [0.4, 0.5) is 0 Å². The van der Waals surface area contributed by atoms with Crippen molar-refractivity contribution in [2.45, 2.75) is 83.8 Å². The lowest BCUT2D eigenvalue weighted by atomic mass is 10.2. The van der Waals surface area contributed by atoms with Crippen molar-refractivity contribution in [3.05, 3.63) is 0 Å².